The third kappa shape index (κ3) is 4.93. The normalized spacial score (nSPS) is 15.8. The van der Waals surface area contributed by atoms with Gasteiger partial charge in [0.1, 0.15) is 11.8 Å². The summed E-state index contributed by atoms with van der Waals surface area (Å²) in [6.07, 6.45) is 5.36. The van der Waals surface area contributed by atoms with Crippen LogP contribution in [-0.4, -0.2) is 48.3 Å². The molecule has 8 nitrogen and oxygen atoms in total. The van der Waals surface area contributed by atoms with Gasteiger partial charge < -0.3 is 10.2 Å². The smallest absolute Gasteiger partial charge is 0.230 e. The lowest BCUT2D eigenvalue weighted by Crippen LogP contribution is -2.62. The Balaban J connectivity index is 1.32. The number of nitrogens with one attached hydrogen (secondary N) is 1. The zero-order valence-electron chi connectivity index (χ0n) is 20.8. The highest BCUT2D eigenvalue weighted by Gasteiger charge is 2.46. The standard InChI is InChI=1S/C27H28ClN5O3S/c1-4-23(19-5-9-21(28)10-6-19)31-26(34)27(2)15-32(16-27)25-24-13-20(14-33(24)30-17-29-25)18-7-11-22(12-8-18)37(3,35)36/h5-14,17,23H,4,15-16H2,1-3H3,(H,31,34)/t23-/m0/s1. The molecular formula is C27H28ClN5O3S. The van der Waals surface area contributed by atoms with Crippen LogP contribution >= 0.6 is 11.6 Å². The molecule has 0 bridgehead atoms. The van der Waals surface area contributed by atoms with Crippen LogP contribution in [0.25, 0.3) is 16.6 Å². The molecule has 1 saturated heterocycles. The summed E-state index contributed by atoms with van der Waals surface area (Å²) in [7, 11) is -3.26. The van der Waals surface area contributed by atoms with Gasteiger partial charge in [-0.3, -0.25) is 4.79 Å². The molecule has 3 heterocycles. The summed E-state index contributed by atoms with van der Waals surface area (Å²) in [5.74, 6) is 0.765. The highest BCUT2D eigenvalue weighted by atomic mass is 35.5. The van der Waals surface area contributed by atoms with Gasteiger partial charge in [-0.05, 0) is 54.8 Å². The number of amides is 1. The molecule has 1 atom stereocenters. The van der Waals surface area contributed by atoms with Crippen molar-refractivity contribution in [1.29, 1.82) is 0 Å². The number of fused-ring (bicyclic) bond motifs is 1. The number of aromatic nitrogens is 3. The largest absolute Gasteiger partial charge is 0.352 e. The van der Waals surface area contributed by atoms with E-state index in [0.717, 1.165) is 34.4 Å². The van der Waals surface area contributed by atoms with Crippen molar-refractivity contribution in [1.82, 2.24) is 19.9 Å². The summed E-state index contributed by atoms with van der Waals surface area (Å²) in [6.45, 7) is 5.09. The Morgan fingerprint density at radius 2 is 1.78 bits per heavy atom. The molecule has 0 saturated carbocycles. The number of halogens is 1. The predicted molar refractivity (Wildman–Crippen MR) is 144 cm³/mol. The van der Waals surface area contributed by atoms with Gasteiger partial charge in [-0.1, -0.05) is 42.8 Å². The lowest BCUT2D eigenvalue weighted by molar-refractivity contribution is -0.132. The third-order valence-corrected chi connectivity index (χ3v) is 8.30. The van der Waals surface area contributed by atoms with Crippen molar-refractivity contribution in [2.45, 2.75) is 31.2 Å². The van der Waals surface area contributed by atoms with Crippen LogP contribution in [0.1, 0.15) is 31.9 Å². The highest BCUT2D eigenvalue weighted by molar-refractivity contribution is 7.90. The average molecular weight is 538 g/mol. The summed E-state index contributed by atoms with van der Waals surface area (Å²) < 4.78 is 25.3. The van der Waals surface area contributed by atoms with E-state index < -0.39 is 15.3 Å². The van der Waals surface area contributed by atoms with Crippen molar-refractivity contribution in [2.75, 3.05) is 24.2 Å². The van der Waals surface area contributed by atoms with Crippen LogP contribution in [-0.2, 0) is 14.6 Å². The second-order valence-electron chi connectivity index (χ2n) is 9.84. The van der Waals surface area contributed by atoms with Crippen molar-refractivity contribution < 1.29 is 13.2 Å². The summed E-state index contributed by atoms with van der Waals surface area (Å²) in [6, 6.07) is 16.3. The first-order valence-electron chi connectivity index (χ1n) is 12.0. The first-order valence-corrected chi connectivity index (χ1v) is 14.3. The molecular weight excluding hydrogens is 510 g/mol. The fourth-order valence-electron chi connectivity index (χ4n) is 4.75. The fourth-order valence-corrected chi connectivity index (χ4v) is 5.51. The van der Waals surface area contributed by atoms with E-state index >= 15 is 0 Å². The quantitative estimate of drug-likeness (QED) is 0.371. The van der Waals surface area contributed by atoms with Gasteiger partial charge in [-0.2, -0.15) is 5.10 Å². The van der Waals surface area contributed by atoms with E-state index in [1.54, 1.807) is 28.8 Å². The minimum Gasteiger partial charge on any atom is -0.352 e. The van der Waals surface area contributed by atoms with Crippen molar-refractivity contribution in [3.63, 3.8) is 0 Å². The zero-order valence-corrected chi connectivity index (χ0v) is 22.4. The number of carbonyl (C=O) groups is 1. The van der Waals surface area contributed by atoms with Crippen molar-refractivity contribution in [2.24, 2.45) is 5.41 Å². The molecule has 4 aromatic rings. The van der Waals surface area contributed by atoms with E-state index in [0.29, 0.717) is 18.1 Å². The molecule has 0 aliphatic carbocycles. The molecule has 37 heavy (non-hydrogen) atoms. The molecule has 0 spiro atoms. The zero-order chi connectivity index (χ0) is 26.4. The van der Waals surface area contributed by atoms with E-state index in [4.69, 9.17) is 11.6 Å². The first kappa shape index (κ1) is 25.2. The molecule has 2 aromatic carbocycles. The van der Waals surface area contributed by atoms with Gasteiger partial charge in [0.2, 0.25) is 5.91 Å². The van der Waals surface area contributed by atoms with Crippen LogP contribution in [0.5, 0.6) is 0 Å². The Morgan fingerprint density at radius 3 is 2.41 bits per heavy atom. The number of benzene rings is 2. The Kier molecular flexibility index (Phi) is 6.45. The Morgan fingerprint density at radius 1 is 1.11 bits per heavy atom. The molecule has 0 radical (unpaired) electrons. The topological polar surface area (TPSA) is 96.7 Å². The van der Waals surface area contributed by atoms with Crippen molar-refractivity contribution in [3.8, 4) is 11.1 Å². The molecule has 2 aromatic heterocycles. The number of hydrogen-bond acceptors (Lipinski definition) is 6. The predicted octanol–water partition coefficient (Wildman–Crippen LogP) is 4.55. The van der Waals surface area contributed by atoms with Crippen LogP contribution < -0.4 is 10.2 Å². The summed E-state index contributed by atoms with van der Waals surface area (Å²) >= 11 is 6.02. The number of anilines is 1. The summed E-state index contributed by atoms with van der Waals surface area (Å²) in [4.78, 5) is 20.1. The molecule has 1 fully saturated rings. The minimum absolute atomic E-state index is 0.0117. The lowest BCUT2D eigenvalue weighted by Gasteiger charge is -2.47. The van der Waals surface area contributed by atoms with Crippen LogP contribution in [0.4, 0.5) is 5.82 Å². The maximum atomic E-state index is 13.2. The maximum Gasteiger partial charge on any atom is 0.230 e. The third-order valence-electron chi connectivity index (χ3n) is 6.91. The number of sulfone groups is 1. The molecule has 5 rings (SSSR count). The number of carbonyl (C=O) groups excluding carboxylic acids is 1. The molecule has 1 aliphatic rings. The number of nitrogens with zero attached hydrogens (tertiary/aromatic N) is 4. The van der Waals surface area contributed by atoms with Crippen molar-refractivity contribution >= 4 is 38.7 Å². The van der Waals surface area contributed by atoms with Gasteiger partial charge in [0.15, 0.2) is 15.7 Å². The number of hydrogen-bond donors (Lipinski definition) is 1. The van der Waals surface area contributed by atoms with Gasteiger partial charge in [0, 0.05) is 36.1 Å². The monoisotopic (exact) mass is 537 g/mol. The second-order valence-corrected chi connectivity index (χ2v) is 12.3. The SMILES string of the molecule is CC[C@H](NC(=O)C1(C)CN(c2ncnn3cc(-c4ccc(S(C)(=O)=O)cc4)cc23)C1)c1ccc(Cl)cc1. The molecule has 0 unspecified atom stereocenters. The Labute approximate surface area is 221 Å². The Bertz CT molecular complexity index is 1560. The van der Waals surface area contributed by atoms with Crippen LogP contribution in [0.2, 0.25) is 5.02 Å². The van der Waals surface area contributed by atoms with Crippen LogP contribution in [0, 0.1) is 5.41 Å². The van der Waals surface area contributed by atoms with E-state index in [9.17, 15) is 13.2 Å². The maximum absolute atomic E-state index is 13.2. The van der Waals surface area contributed by atoms with Crippen LogP contribution in [0.3, 0.4) is 0 Å². The molecule has 10 heteroatoms. The summed E-state index contributed by atoms with van der Waals surface area (Å²) in [5, 5.41) is 8.22. The number of rotatable bonds is 7. The molecule has 1 amide bonds. The van der Waals surface area contributed by atoms with Gasteiger partial charge >= 0.3 is 0 Å². The van der Waals surface area contributed by atoms with E-state index in [1.807, 2.05) is 50.4 Å². The van der Waals surface area contributed by atoms with E-state index in [2.05, 4.69) is 20.3 Å². The molecule has 1 aliphatic heterocycles. The lowest BCUT2D eigenvalue weighted by atomic mass is 9.80. The summed E-state index contributed by atoms with van der Waals surface area (Å²) in [5.41, 5.74) is 3.09. The van der Waals surface area contributed by atoms with Gasteiger partial charge in [0.25, 0.3) is 0 Å². The average Bonchev–Trinajstić information content (AvgIpc) is 3.30. The Hall–Kier alpha value is -3.43. The molecule has 192 valence electrons. The molecule has 1 N–H and O–H groups in total. The van der Waals surface area contributed by atoms with Gasteiger partial charge in [-0.15, -0.1) is 0 Å². The van der Waals surface area contributed by atoms with Crippen LogP contribution in [0.15, 0.2) is 72.0 Å². The van der Waals surface area contributed by atoms with E-state index in [1.165, 1.54) is 12.6 Å². The second kappa shape index (κ2) is 9.46. The van der Waals surface area contributed by atoms with Gasteiger partial charge in [-0.25, -0.2) is 17.9 Å². The highest BCUT2D eigenvalue weighted by Crippen LogP contribution is 2.37. The van der Waals surface area contributed by atoms with E-state index in [-0.39, 0.29) is 16.8 Å². The fraction of sp³-hybridized carbons (Fsp3) is 0.296. The van der Waals surface area contributed by atoms with Crippen molar-refractivity contribution in [3.05, 3.63) is 77.7 Å². The van der Waals surface area contributed by atoms with Gasteiger partial charge in [0.05, 0.1) is 16.4 Å². The minimum atomic E-state index is -3.26. The first-order chi connectivity index (χ1) is 17.6.